The predicted molar refractivity (Wildman–Crippen MR) is 120 cm³/mol. The molecular weight excluding hydrogens is 418 g/mol. The number of aromatic nitrogens is 4. The van der Waals surface area contributed by atoms with Gasteiger partial charge in [0.05, 0.1) is 35.3 Å². The first-order valence-electron chi connectivity index (χ1n) is 10.2. The van der Waals surface area contributed by atoms with E-state index in [0.29, 0.717) is 34.5 Å². The van der Waals surface area contributed by atoms with E-state index in [4.69, 9.17) is 4.74 Å². The number of H-pyrrole nitrogens is 1. The molecule has 33 heavy (non-hydrogen) atoms. The van der Waals surface area contributed by atoms with Crippen molar-refractivity contribution < 1.29 is 9.53 Å². The summed E-state index contributed by atoms with van der Waals surface area (Å²) in [5.74, 6) is 0.0214. The fourth-order valence-electron chi connectivity index (χ4n) is 3.50. The van der Waals surface area contributed by atoms with Crippen molar-refractivity contribution in [3.8, 4) is 29.1 Å². The van der Waals surface area contributed by atoms with E-state index in [-0.39, 0.29) is 23.8 Å². The first kappa shape index (κ1) is 21.5. The molecule has 3 aromatic heterocycles. The number of carbonyl (C=O) groups excluding carboxylic acids is 1. The number of hydrogen-bond acceptors (Lipinski definition) is 7. The highest BCUT2D eigenvalue weighted by Gasteiger charge is 2.19. The quantitative estimate of drug-likeness (QED) is 0.489. The molecule has 9 heteroatoms. The summed E-state index contributed by atoms with van der Waals surface area (Å²) in [6.45, 7) is 2.46. The van der Waals surface area contributed by atoms with Crippen LogP contribution in [0.25, 0.3) is 22.0 Å². The van der Waals surface area contributed by atoms with E-state index < -0.39 is 0 Å². The number of rotatable bonds is 6. The lowest BCUT2D eigenvalue weighted by Gasteiger charge is -2.18. The smallest absolute Gasteiger partial charge is 0.272 e. The fourth-order valence-corrected chi connectivity index (χ4v) is 3.50. The Morgan fingerprint density at radius 1 is 1.18 bits per heavy atom. The van der Waals surface area contributed by atoms with Crippen LogP contribution in [0.3, 0.4) is 0 Å². The van der Waals surface area contributed by atoms with E-state index in [1.807, 2.05) is 19.1 Å². The molecule has 9 nitrogen and oxygen atoms in total. The SMILES string of the molecule is CCOc1nc(C(=O)N(C)Cc2cnc(C#N)c3cn[nH]c23)ccc1-c1cccc(C#N)c1. The third-order valence-electron chi connectivity index (χ3n) is 5.09. The summed E-state index contributed by atoms with van der Waals surface area (Å²) in [5.41, 5.74) is 3.89. The van der Waals surface area contributed by atoms with E-state index >= 15 is 0 Å². The number of nitrogens with one attached hydrogen (secondary N) is 1. The van der Waals surface area contributed by atoms with Gasteiger partial charge in [0.15, 0.2) is 5.69 Å². The van der Waals surface area contributed by atoms with Crippen LogP contribution in [0.15, 0.2) is 48.8 Å². The molecule has 0 unspecified atom stereocenters. The van der Waals surface area contributed by atoms with Gasteiger partial charge >= 0.3 is 0 Å². The Labute approximate surface area is 189 Å². The Hall–Kier alpha value is -4.76. The first-order valence-corrected chi connectivity index (χ1v) is 10.2. The average molecular weight is 437 g/mol. The average Bonchev–Trinajstić information content (AvgIpc) is 3.34. The van der Waals surface area contributed by atoms with Crippen molar-refractivity contribution in [2.24, 2.45) is 0 Å². The van der Waals surface area contributed by atoms with Crippen molar-refractivity contribution in [1.82, 2.24) is 25.1 Å². The van der Waals surface area contributed by atoms with Crippen molar-refractivity contribution in [3.63, 3.8) is 0 Å². The zero-order valence-electron chi connectivity index (χ0n) is 18.0. The Balaban J connectivity index is 1.63. The standard InChI is InChI=1S/C24H19N7O2/c1-3-33-23-18(16-6-4-5-15(9-16)10-25)7-8-20(29-23)24(32)31(2)14-17-12-27-21(11-26)19-13-28-30-22(17)19/h4-9,12-13H,3,14H2,1-2H3,(H,28,30). The minimum absolute atomic E-state index is 0.226. The number of nitriles is 2. The molecule has 0 atom stereocenters. The summed E-state index contributed by atoms with van der Waals surface area (Å²) in [6, 6.07) is 14.7. The topological polar surface area (TPSA) is 132 Å². The molecular formula is C24H19N7O2. The predicted octanol–water partition coefficient (Wildman–Crippen LogP) is 3.43. The molecule has 0 bridgehead atoms. The second-order valence-corrected chi connectivity index (χ2v) is 7.24. The van der Waals surface area contributed by atoms with E-state index in [1.54, 1.807) is 49.8 Å². The lowest BCUT2D eigenvalue weighted by atomic mass is 10.0. The summed E-state index contributed by atoms with van der Waals surface area (Å²) in [4.78, 5) is 23.3. The molecule has 0 fully saturated rings. The number of ether oxygens (including phenoxy) is 1. The zero-order chi connectivity index (χ0) is 23.4. The molecule has 4 rings (SSSR count). The second-order valence-electron chi connectivity index (χ2n) is 7.24. The van der Waals surface area contributed by atoms with Crippen LogP contribution in [0, 0.1) is 22.7 Å². The maximum Gasteiger partial charge on any atom is 0.272 e. The van der Waals surface area contributed by atoms with E-state index in [9.17, 15) is 15.3 Å². The van der Waals surface area contributed by atoms with Crippen molar-refractivity contribution in [2.45, 2.75) is 13.5 Å². The first-order chi connectivity index (χ1) is 16.0. The Bertz CT molecular complexity index is 1430. The van der Waals surface area contributed by atoms with Gasteiger partial charge in [-0.15, -0.1) is 0 Å². The van der Waals surface area contributed by atoms with Crippen LogP contribution in [0.2, 0.25) is 0 Å². The van der Waals surface area contributed by atoms with Gasteiger partial charge in [0.25, 0.3) is 5.91 Å². The Kier molecular flexibility index (Phi) is 5.96. The maximum atomic E-state index is 13.1. The van der Waals surface area contributed by atoms with E-state index in [0.717, 1.165) is 11.1 Å². The molecule has 0 saturated carbocycles. The number of aromatic amines is 1. The van der Waals surface area contributed by atoms with Crippen molar-refractivity contribution in [3.05, 3.63) is 71.3 Å². The van der Waals surface area contributed by atoms with Crippen LogP contribution < -0.4 is 4.74 Å². The molecule has 4 aromatic rings. The lowest BCUT2D eigenvalue weighted by molar-refractivity contribution is 0.0778. The van der Waals surface area contributed by atoms with Gasteiger partial charge < -0.3 is 9.64 Å². The summed E-state index contributed by atoms with van der Waals surface area (Å²) >= 11 is 0. The third-order valence-corrected chi connectivity index (χ3v) is 5.09. The highest BCUT2D eigenvalue weighted by molar-refractivity contribution is 5.93. The summed E-state index contributed by atoms with van der Waals surface area (Å²) in [5, 5.41) is 25.9. The van der Waals surface area contributed by atoms with E-state index in [1.165, 1.54) is 4.90 Å². The van der Waals surface area contributed by atoms with Crippen LogP contribution in [0.4, 0.5) is 0 Å². The summed E-state index contributed by atoms with van der Waals surface area (Å²) in [7, 11) is 1.66. The molecule has 0 aliphatic heterocycles. The monoisotopic (exact) mass is 437 g/mol. The fraction of sp³-hybridized carbons (Fsp3) is 0.167. The molecule has 3 heterocycles. The normalized spacial score (nSPS) is 10.4. The number of carbonyl (C=O) groups is 1. The van der Waals surface area contributed by atoms with Gasteiger partial charge in [-0.3, -0.25) is 9.89 Å². The van der Waals surface area contributed by atoms with Gasteiger partial charge in [-0.1, -0.05) is 12.1 Å². The lowest BCUT2D eigenvalue weighted by Crippen LogP contribution is -2.27. The van der Waals surface area contributed by atoms with Gasteiger partial charge in [0.1, 0.15) is 11.8 Å². The number of nitrogens with zero attached hydrogens (tertiary/aromatic N) is 6. The highest BCUT2D eigenvalue weighted by atomic mass is 16.5. The number of hydrogen-bond donors (Lipinski definition) is 1. The van der Waals surface area contributed by atoms with Crippen LogP contribution in [0.1, 0.15) is 34.2 Å². The van der Waals surface area contributed by atoms with Crippen LogP contribution in [0.5, 0.6) is 5.88 Å². The third kappa shape index (κ3) is 4.21. The molecule has 1 N–H and O–H groups in total. The van der Waals surface area contributed by atoms with Crippen LogP contribution >= 0.6 is 0 Å². The van der Waals surface area contributed by atoms with Gasteiger partial charge in [-0.25, -0.2) is 9.97 Å². The van der Waals surface area contributed by atoms with Crippen molar-refractivity contribution >= 4 is 16.8 Å². The van der Waals surface area contributed by atoms with Crippen molar-refractivity contribution in [2.75, 3.05) is 13.7 Å². The highest BCUT2D eigenvalue weighted by Crippen LogP contribution is 2.30. The number of benzene rings is 1. The molecule has 162 valence electrons. The number of fused-ring (bicyclic) bond motifs is 1. The summed E-state index contributed by atoms with van der Waals surface area (Å²) < 4.78 is 5.71. The largest absolute Gasteiger partial charge is 0.478 e. The minimum atomic E-state index is -0.301. The molecule has 0 radical (unpaired) electrons. The molecule has 0 aliphatic carbocycles. The summed E-state index contributed by atoms with van der Waals surface area (Å²) in [6.07, 6.45) is 3.11. The maximum absolute atomic E-state index is 13.1. The number of amides is 1. The van der Waals surface area contributed by atoms with Gasteiger partial charge in [-0.2, -0.15) is 15.6 Å². The minimum Gasteiger partial charge on any atom is -0.478 e. The molecule has 0 saturated heterocycles. The van der Waals surface area contributed by atoms with Crippen LogP contribution in [-0.2, 0) is 6.54 Å². The Morgan fingerprint density at radius 2 is 2.03 bits per heavy atom. The molecule has 1 amide bonds. The van der Waals surface area contributed by atoms with Crippen molar-refractivity contribution in [1.29, 1.82) is 10.5 Å². The van der Waals surface area contributed by atoms with Gasteiger partial charge in [-0.05, 0) is 36.8 Å². The molecule has 0 spiro atoms. The Morgan fingerprint density at radius 3 is 2.79 bits per heavy atom. The second kappa shape index (κ2) is 9.16. The van der Waals surface area contributed by atoms with Gasteiger partial charge in [0.2, 0.25) is 5.88 Å². The van der Waals surface area contributed by atoms with Gasteiger partial charge in [0, 0.05) is 30.9 Å². The molecule has 0 aliphatic rings. The number of pyridine rings is 2. The zero-order valence-corrected chi connectivity index (χ0v) is 18.0. The van der Waals surface area contributed by atoms with Crippen LogP contribution in [-0.4, -0.2) is 44.6 Å². The molecule has 1 aromatic carbocycles. The van der Waals surface area contributed by atoms with E-state index in [2.05, 4.69) is 26.2 Å².